The number of hydrogen-bond acceptors (Lipinski definition) is 4. The number of aliphatic carboxylic acids is 1. The van der Waals surface area contributed by atoms with Gasteiger partial charge in [-0.1, -0.05) is 13.0 Å². The number of aryl methyl sites for hydroxylation is 2. The van der Waals surface area contributed by atoms with Crippen LogP contribution >= 0.6 is 0 Å². The molecular formula is C22H25NO5. The van der Waals surface area contributed by atoms with Gasteiger partial charge in [0.15, 0.2) is 5.60 Å². The summed E-state index contributed by atoms with van der Waals surface area (Å²) in [6, 6.07) is 2.34. The molecule has 148 valence electrons. The van der Waals surface area contributed by atoms with E-state index in [1.165, 1.54) is 4.90 Å². The Labute approximate surface area is 163 Å². The van der Waals surface area contributed by atoms with E-state index in [2.05, 4.69) is 0 Å². The Morgan fingerprint density at radius 3 is 2.54 bits per heavy atom. The monoisotopic (exact) mass is 383 g/mol. The normalized spacial score (nSPS) is 24.9. The highest BCUT2D eigenvalue weighted by Crippen LogP contribution is 2.49. The van der Waals surface area contributed by atoms with Gasteiger partial charge in [-0.15, -0.1) is 0 Å². The topological polar surface area (TPSA) is 98.1 Å². The van der Waals surface area contributed by atoms with Gasteiger partial charge in [-0.25, -0.2) is 4.79 Å². The summed E-state index contributed by atoms with van der Waals surface area (Å²) in [5, 5.41) is 32.0. The van der Waals surface area contributed by atoms with Gasteiger partial charge in [-0.3, -0.25) is 9.69 Å². The number of carboxylic acid groups (broad SMARTS) is 1. The maximum atomic E-state index is 13.4. The van der Waals surface area contributed by atoms with Crippen molar-refractivity contribution in [1.82, 2.24) is 4.90 Å². The molecule has 0 radical (unpaired) electrons. The second kappa shape index (κ2) is 6.78. The van der Waals surface area contributed by atoms with Crippen LogP contribution in [0.3, 0.4) is 0 Å². The van der Waals surface area contributed by atoms with E-state index in [0.29, 0.717) is 24.1 Å². The molecule has 2 aliphatic carbocycles. The number of carboxylic acids is 1. The maximum Gasteiger partial charge on any atom is 0.326 e. The fourth-order valence-electron chi connectivity index (χ4n) is 4.77. The van der Waals surface area contributed by atoms with Gasteiger partial charge < -0.3 is 15.3 Å². The number of aromatic hydroxyl groups is 1. The van der Waals surface area contributed by atoms with Gasteiger partial charge in [-0.2, -0.15) is 0 Å². The van der Waals surface area contributed by atoms with E-state index in [1.54, 1.807) is 25.1 Å². The highest BCUT2D eigenvalue weighted by Gasteiger charge is 2.55. The van der Waals surface area contributed by atoms with E-state index in [9.17, 15) is 24.9 Å². The maximum absolute atomic E-state index is 13.4. The first kappa shape index (κ1) is 18.7. The van der Waals surface area contributed by atoms with Gasteiger partial charge in [0.05, 0.1) is 0 Å². The second-order valence-electron chi connectivity index (χ2n) is 7.80. The Kier molecular flexibility index (Phi) is 4.54. The Balaban J connectivity index is 1.89. The average molecular weight is 383 g/mol. The van der Waals surface area contributed by atoms with Gasteiger partial charge in [0.2, 0.25) is 0 Å². The van der Waals surface area contributed by atoms with Crippen molar-refractivity contribution < 1.29 is 24.9 Å². The number of benzene rings is 1. The number of phenolic OH excluding ortho intramolecular Hbond substituents is 1. The molecule has 3 aliphatic rings. The quantitative estimate of drug-likeness (QED) is 0.743. The van der Waals surface area contributed by atoms with E-state index in [0.717, 1.165) is 36.8 Å². The van der Waals surface area contributed by atoms with Crippen LogP contribution < -0.4 is 0 Å². The van der Waals surface area contributed by atoms with Gasteiger partial charge in [-0.05, 0) is 79.9 Å². The van der Waals surface area contributed by atoms with Crippen LogP contribution in [0.4, 0.5) is 0 Å². The first-order valence-electron chi connectivity index (χ1n) is 9.93. The van der Waals surface area contributed by atoms with Crippen molar-refractivity contribution in [2.45, 2.75) is 63.5 Å². The smallest absolute Gasteiger partial charge is 0.326 e. The van der Waals surface area contributed by atoms with Crippen molar-refractivity contribution in [3.63, 3.8) is 0 Å². The summed E-state index contributed by atoms with van der Waals surface area (Å²) in [5.74, 6) is -1.91. The second-order valence-corrected chi connectivity index (χ2v) is 7.80. The highest BCUT2D eigenvalue weighted by atomic mass is 16.4. The van der Waals surface area contributed by atoms with Crippen molar-refractivity contribution in [2.24, 2.45) is 0 Å². The highest BCUT2D eigenvalue weighted by molar-refractivity contribution is 5.99. The molecule has 4 rings (SSSR count). The lowest BCUT2D eigenvalue weighted by Crippen LogP contribution is -2.47. The molecular weight excluding hydrogens is 358 g/mol. The van der Waals surface area contributed by atoms with Crippen LogP contribution in [0.1, 0.15) is 55.7 Å². The number of amides is 1. The molecule has 1 aromatic carbocycles. The standard InChI is InChI=1S/C22H25NO5/c1-2-17(20(25)26)23-18-10-6-5-9-15(18)22(28,21(23)27)16-11-13-7-3-4-8-14(13)12-19(16)24/h6,10-12,17,24,28H,2-5,7-9H2,1H3,(H,25,26). The fraction of sp³-hybridized carbons (Fsp3) is 0.455. The molecule has 1 amide bonds. The predicted octanol–water partition coefficient (Wildman–Crippen LogP) is 2.77. The first-order valence-corrected chi connectivity index (χ1v) is 9.93. The van der Waals surface area contributed by atoms with Crippen LogP contribution in [0, 0.1) is 0 Å². The van der Waals surface area contributed by atoms with Gasteiger partial charge in [0, 0.05) is 11.3 Å². The Morgan fingerprint density at radius 2 is 1.89 bits per heavy atom. The summed E-state index contributed by atoms with van der Waals surface area (Å²) in [5.41, 5.74) is 1.16. The van der Waals surface area contributed by atoms with Crippen LogP contribution in [0.5, 0.6) is 5.75 Å². The fourth-order valence-corrected chi connectivity index (χ4v) is 4.77. The SMILES string of the molecule is CCC(C(=O)O)N1C(=O)C(O)(c2cc3c(cc2O)CCCC3)C2=C1C=CCC2. The summed E-state index contributed by atoms with van der Waals surface area (Å²) in [6.07, 6.45) is 8.71. The number of phenols is 1. The van der Waals surface area contributed by atoms with Crippen LogP contribution in [0.15, 0.2) is 35.6 Å². The zero-order chi connectivity index (χ0) is 20.1. The molecule has 1 aromatic rings. The Hall–Kier alpha value is -2.60. The van der Waals surface area contributed by atoms with Crippen molar-refractivity contribution in [3.05, 3.63) is 52.2 Å². The molecule has 28 heavy (non-hydrogen) atoms. The van der Waals surface area contributed by atoms with Crippen LogP contribution in [0.2, 0.25) is 0 Å². The number of carbonyl (C=O) groups excluding carboxylic acids is 1. The first-order chi connectivity index (χ1) is 13.4. The summed E-state index contributed by atoms with van der Waals surface area (Å²) >= 11 is 0. The summed E-state index contributed by atoms with van der Waals surface area (Å²) in [4.78, 5) is 26.4. The third-order valence-electron chi connectivity index (χ3n) is 6.20. The molecule has 0 fully saturated rings. The van der Waals surface area contributed by atoms with Crippen LogP contribution in [-0.4, -0.2) is 38.1 Å². The van der Waals surface area contributed by atoms with Gasteiger partial charge in [0.25, 0.3) is 5.91 Å². The Bertz CT molecular complexity index is 916. The third kappa shape index (κ3) is 2.58. The molecule has 6 heteroatoms. The molecule has 1 heterocycles. The van der Waals surface area contributed by atoms with E-state index in [4.69, 9.17) is 0 Å². The zero-order valence-corrected chi connectivity index (χ0v) is 15.9. The van der Waals surface area contributed by atoms with E-state index >= 15 is 0 Å². The summed E-state index contributed by atoms with van der Waals surface area (Å²) in [6.45, 7) is 1.70. The van der Waals surface area contributed by atoms with Crippen molar-refractivity contribution >= 4 is 11.9 Å². The summed E-state index contributed by atoms with van der Waals surface area (Å²) in [7, 11) is 0. The number of aliphatic hydroxyl groups is 1. The molecule has 0 spiro atoms. The number of fused-ring (bicyclic) bond motifs is 1. The molecule has 3 N–H and O–H groups in total. The largest absolute Gasteiger partial charge is 0.508 e. The molecule has 0 bridgehead atoms. The van der Waals surface area contributed by atoms with Crippen molar-refractivity contribution in [3.8, 4) is 5.75 Å². The number of nitrogens with zero attached hydrogens (tertiary/aromatic N) is 1. The van der Waals surface area contributed by atoms with Crippen LogP contribution in [-0.2, 0) is 28.0 Å². The van der Waals surface area contributed by atoms with Crippen molar-refractivity contribution in [2.75, 3.05) is 0 Å². The number of carbonyl (C=O) groups is 2. The molecule has 0 aromatic heterocycles. The lowest BCUT2D eigenvalue weighted by atomic mass is 9.79. The van der Waals surface area contributed by atoms with Gasteiger partial charge in [0.1, 0.15) is 11.8 Å². The minimum absolute atomic E-state index is 0.108. The lowest BCUT2D eigenvalue weighted by molar-refractivity contribution is -0.154. The third-order valence-corrected chi connectivity index (χ3v) is 6.20. The molecule has 6 nitrogen and oxygen atoms in total. The van der Waals surface area contributed by atoms with E-state index in [-0.39, 0.29) is 17.7 Å². The summed E-state index contributed by atoms with van der Waals surface area (Å²) < 4.78 is 0. The van der Waals surface area contributed by atoms with E-state index < -0.39 is 23.5 Å². The van der Waals surface area contributed by atoms with E-state index in [1.807, 2.05) is 6.08 Å². The molecule has 2 atom stereocenters. The molecule has 0 saturated heterocycles. The Morgan fingerprint density at radius 1 is 1.21 bits per heavy atom. The molecule has 0 saturated carbocycles. The minimum Gasteiger partial charge on any atom is -0.508 e. The zero-order valence-electron chi connectivity index (χ0n) is 15.9. The number of rotatable bonds is 4. The van der Waals surface area contributed by atoms with Crippen LogP contribution in [0.25, 0.3) is 0 Å². The minimum atomic E-state index is -2.03. The average Bonchev–Trinajstić information content (AvgIpc) is 2.91. The van der Waals surface area contributed by atoms with Gasteiger partial charge >= 0.3 is 5.97 Å². The number of allylic oxidation sites excluding steroid dienone is 2. The predicted molar refractivity (Wildman–Crippen MR) is 103 cm³/mol. The lowest BCUT2D eigenvalue weighted by Gasteiger charge is -2.30. The number of hydrogen-bond donors (Lipinski definition) is 3. The molecule has 1 aliphatic heterocycles. The van der Waals surface area contributed by atoms with Crippen molar-refractivity contribution in [1.29, 1.82) is 0 Å². The molecule has 2 unspecified atom stereocenters.